The van der Waals surface area contributed by atoms with Gasteiger partial charge in [0.25, 0.3) is 0 Å². The predicted octanol–water partition coefficient (Wildman–Crippen LogP) is 2.71. The molecule has 1 amide bonds. The molecule has 0 N–H and O–H groups in total. The number of alkyl halides is 8. The molecule has 0 aliphatic heterocycles. The van der Waals surface area contributed by atoms with Crippen LogP contribution in [0.5, 0.6) is 0 Å². The summed E-state index contributed by atoms with van der Waals surface area (Å²) in [6.45, 7) is 3.66. The molecule has 0 saturated carbocycles. The van der Waals surface area contributed by atoms with Gasteiger partial charge in [-0.15, -0.1) is 0 Å². The Morgan fingerprint density at radius 1 is 0.969 bits per heavy atom. The summed E-state index contributed by atoms with van der Waals surface area (Å²) in [4.78, 5) is 24.6. The van der Waals surface area contributed by atoms with E-state index in [1.54, 1.807) is 0 Å². The number of hydrogen-bond acceptors (Lipinski definition) is 7. The van der Waals surface area contributed by atoms with Crippen molar-refractivity contribution in [3.8, 4) is 0 Å². The van der Waals surface area contributed by atoms with Crippen LogP contribution in [-0.2, 0) is 29.2 Å². The van der Waals surface area contributed by atoms with E-state index in [2.05, 4.69) is 16.1 Å². The first-order chi connectivity index (χ1) is 13.9. The van der Waals surface area contributed by atoms with Gasteiger partial charge in [-0.3, -0.25) is 4.79 Å². The summed E-state index contributed by atoms with van der Waals surface area (Å²) >= 11 is 0. The van der Waals surface area contributed by atoms with Gasteiger partial charge in [-0.05, 0) is 27.7 Å². The number of amides is 1. The van der Waals surface area contributed by atoms with Crippen LogP contribution in [0, 0.1) is 0 Å². The summed E-state index contributed by atoms with van der Waals surface area (Å²) in [5.41, 5.74) is -2.56. The van der Waals surface area contributed by atoms with Gasteiger partial charge in [-0.2, -0.15) is 35.1 Å². The van der Waals surface area contributed by atoms with Crippen LogP contribution in [0.1, 0.15) is 27.7 Å². The molecule has 8 nitrogen and oxygen atoms in total. The van der Waals surface area contributed by atoms with E-state index in [9.17, 15) is 57.7 Å². The molecule has 1 unspecified atom stereocenters. The molecule has 32 heavy (non-hydrogen) atoms. The van der Waals surface area contributed by atoms with E-state index in [-0.39, 0.29) is 4.90 Å². The fourth-order valence-electron chi connectivity index (χ4n) is 2.20. The SMILES string of the molecule is C=C(C(=O)OC(OCC(F)(F)S(=O)(=O)[O-])(C(=O)N(C(C)C)C(C)C)C(F)(F)F)C(F)(F)F. The molecule has 17 heteroatoms. The van der Waals surface area contributed by atoms with E-state index in [0.717, 1.165) is 27.7 Å². The van der Waals surface area contributed by atoms with Crippen LogP contribution in [0.2, 0.25) is 0 Å². The minimum absolute atomic E-state index is 0.265. The molecule has 0 aromatic rings. The van der Waals surface area contributed by atoms with Gasteiger partial charge >= 0.3 is 35.3 Å². The van der Waals surface area contributed by atoms with Crippen LogP contribution >= 0.6 is 0 Å². The standard InChI is InChI=1S/C15H19F8NO7S/c1-7(2)24(8(3)4)11(26)13(15(21,22)23,30-6-12(16,17)32(27,28)29)31-10(25)9(5)14(18,19)20/h7-8H,5-6H2,1-4H3,(H,27,28,29)/p-1. The largest absolute Gasteiger partial charge is 0.743 e. The summed E-state index contributed by atoms with van der Waals surface area (Å²) in [5.74, 6) is -10.6. The third-order valence-electron chi connectivity index (χ3n) is 3.64. The topological polar surface area (TPSA) is 113 Å². The molecule has 0 fully saturated rings. The lowest BCUT2D eigenvalue weighted by Gasteiger charge is -2.40. The summed E-state index contributed by atoms with van der Waals surface area (Å²) in [5, 5.41) is -5.59. The molecule has 188 valence electrons. The molecule has 0 aromatic carbocycles. The highest BCUT2D eigenvalue weighted by molar-refractivity contribution is 7.86. The number of esters is 1. The number of hydrogen-bond donors (Lipinski definition) is 0. The molecule has 0 spiro atoms. The van der Waals surface area contributed by atoms with E-state index in [1.165, 1.54) is 0 Å². The van der Waals surface area contributed by atoms with E-state index in [4.69, 9.17) is 0 Å². The average Bonchev–Trinajstić information content (AvgIpc) is 2.53. The van der Waals surface area contributed by atoms with Gasteiger partial charge < -0.3 is 18.9 Å². The summed E-state index contributed by atoms with van der Waals surface area (Å²) in [6.07, 6.45) is -12.0. The van der Waals surface area contributed by atoms with Crippen LogP contribution < -0.4 is 0 Å². The van der Waals surface area contributed by atoms with Crippen LogP contribution in [0.4, 0.5) is 35.1 Å². The van der Waals surface area contributed by atoms with Crippen molar-refractivity contribution in [2.75, 3.05) is 6.61 Å². The fraction of sp³-hybridized carbons (Fsp3) is 0.733. The Morgan fingerprint density at radius 2 is 1.38 bits per heavy atom. The number of nitrogens with zero attached hydrogens (tertiary/aromatic N) is 1. The second-order valence-electron chi connectivity index (χ2n) is 6.76. The van der Waals surface area contributed by atoms with Gasteiger partial charge in [-0.1, -0.05) is 6.58 Å². The van der Waals surface area contributed by atoms with Crippen molar-refractivity contribution in [3.63, 3.8) is 0 Å². The van der Waals surface area contributed by atoms with E-state index >= 15 is 0 Å². The van der Waals surface area contributed by atoms with Crippen molar-refractivity contribution in [3.05, 3.63) is 12.2 Å². The third kappa shape index (κ3) is 6.50. The Balaban J connectivity index is 6.80. The van der Waals surface area contributed by atoms with Crippen molar-refractivity contribution in [2.24, 2.45) is 0 Å². The van der Waals surface area contributed by atoms with Gasteiger partial charge in [0.1, 0.15) is 12.2 Å². The zero-order chi connectivity index (χ0) is 26.1. The Labute approximate surface area is 176 Å². The molecule has 0 saturated heterocycles. The first-order valence-electron chi connectivity index (χ1n) is 8.28. The van der Waals surface area contributed by atoms with E-state index in [1.807, 2.05) is 0 Å². The Kier molecular flexibility index (Phi) is 8.87. The third-order valence-corrected chi connectivity index (χ3v) is 4.49. The minimum Gasteiger partial charge on any atom is -0.743 e. The summed E-state index contributed by atoms with van der Waals surface area (Å²) in [6, 6.07) is -2.36. The van der Waals surface area contributed by atoms with E-state index < -0.39 is 69.7 Å². The van der Waals surface area contributed by atoms with Crippen molar-refractivity contribution in [2.45, 2.75) is 63.2 Å². The highest BCUT2D eigenvalue weighted by Gasteiger charge is 2.69. The first kappa shape index (κ1) is 30.0. The van der Waals surface area contributed by atoms with Crippen LogP contribution in [0.3, 0.4) is 0 Å². The van der Waals surface area contributed by atoms with Crippen molar-refractivity contribution in [1.82, 2.24) is 4.90 Å². The lowest BCUT2D eigenvalue weighted by Crippen LogP contribution is -2.65. The van der Waals surface area contributed by atoms with Gasteiger partial charge in [0, 0.05) is 12.1 Å². The van der Waals surface area contributed by atoms with Crippen molar-refractivity contribution in [1.29, 1.82) is 0 Å². The Morgan fingerprint density at radius 3 is 1.66 bits per heavy atom. The number of halogens is 8. The lowest BCUT2D eigenvalue weighted by molar-refractivity contribution is -0.357. The van der Waals surface area contributed by atoms with Crippen LogP contribution in [0.25, 0.3) is 0 Å². The molecule has 1 atom stereocenters. The molecule has 0 heterocycles. The first-order valence-corrected chi connectivity index (χ1v) is 9.69. The smallest absolute Gasteiger partial charge is 0.466 e. The number of ether oxygens (including phenoxy) is 2. The van der Waals surface area contributed by atoms with Gasteiger partial charge in [0.05, 0.1) is 0 Å². The minimum atomic E-state index is -6.66. The maximum atomic E-state index is 13.9. The van der Waals surface area contributed by atoms with Crippen LogP contribution in [-0.4, -0.2) is 71.8 Å². The molecular weight excluding hydrogens is 490 g/mol. The number of rotatable bonds is 9. The number of carbonyl (C=O) groups is 2. The van der Waals surface area contributed by atoms with Gasteiger partial charge in [0.15, 0.2) is 10.1 Å². The zero-order valence-electron chi connectivity index (χ0n) is 16.8. The summed E-state index contributed by atoms with van der Waals surface area (Å²) in [7, 11) is -6.66. The Hall–Kier alpha value is -2.01. The van der Waals surface area contributed by atoms with Gasteiger partial charge in [0.2, 0.25) is 0 Å². The molecule has 0 bridgehead atoms. The maximum absolute atomic E-state index is 13.9. The Bertz CT molecular complexity index is 828. The normalized spacial score (nSPS) is 15.5. The monoisotopic (exact) mass is 508 g/mol. The number of carbonyl (C=O) groups excluding carboxylic acids is 2. The molecule has 0 aliphatic carbocycles. The summed E-state index contributed by atoms with van der Waals surface area (Å²) < 4.78 is 146. The molecule has 0 radical (unpaired) electrons. The molecule has 0 aliphatic rings. The van der Waals surface area contributed by atoms with E-state index in [0.29, 0.717) is 0 Å². The molecular formula is C15H18F8NO7S-. The van der Waals surface area contributed by atoms with Gasteiger partial charge in [-0.25, -0.2) is 13.2 Å². The highest BCUT2D eigenvalue weighted by Crippen LogP contribution is 2.40. The second kappa shape index (κ2) is 9.46. The van der Waals surface area contributed by atoms with Crippen molar-refractivity contribution >= 4 is 22.0 Å². The quantitative estimate of drug-likeness (QED) is 0.155. The zero-order valence-corrected chi connectivity index (χ0v) is 17.6. The van der Waals surface area contributed by atoms with Crippen LogP contribution in [0.15, 0.2) is 12.2 Å². The maximum Gasteiger partial charge on any atom is 0.466 e. The second-order valence-corrected chi connectivity index (χ2v) is 8.27. The average molecular weight is 508 g/mol. The highest BCUT2D eigenvalue weighted by atomic mass is 32.2. The fourth-order valence-corrected chi connectivity index (χ4v) is 2.40. The predicted molar refractivity (Wildman–Crippen MR) is 87.8 cm³/mol. The molecule has 0 aromatic heterocycles. The van der Waals surface area contributed by atoms with Crippen molar-refractivity contribution < 1.29 is 67.2 Å². The lowest BCUT2D eigenvalue weighted by atomic mass is 10.1. The molecule has 0 rings (SSSR count).